The van der Waals surface area contributed by atoms with Crippen molar-refractivity contribution in [3.05, 3.63) is 200 Å². The second kappa shape index (κ2) is 11.6. The lowest BCUT2D eigenvalue weighted by Crippen LogP contribution is -1.95. The summed E-state index contributed by atoms with van der Waals surface area (Å²) in [6.07, 6.45) is 0. The fraction of sp³-hybridized carbons (Fsp3) is 0. The Morgan fingerprint density at radius 2 is 0.691 bits per heavy atom. The van der Waals surface area contributed by atoms with Crippen LogP contribution in [0.1, 0.15) is 0 Å². The summed E-state index contributed by atoms with van der Waals surface area (Å²) in [6.45, 7) is 0. The third kappa shape index (κ3) is 4.44. The maximum atomic E-state index is 2.45. The Labute approximate surface area is 317 Å². The minimum Gasteiger partial charge on any atom is -0.309 e. The van der Waals surface area contributed by atoms with Crippen LogP contribution in [0.4, 0.5) is 0 Å². The summed E-state index contributed by atoms with van der Waals surface area (Å²) in [5, 5.41) is 10.00. The highest BCUT2D eigenvalue weighted by molar-refractivity contribution is 6.19. The monoisotopic (exact) mass is 699 g/mol. The van der Waals surface area contributed by atoms with E-state index in [0.29, 0.717) is 0 Å². The molecule has 0 amide bonds. The predicted octanol–water partition coefficient (Wildman–Crippen LogP) is 13.8. The molecule has 256 valence electrons. The first-order valence-corrected chi connectivity index (χ1v) is 18.9. The summed E-state index contributed by atoms with van der Waals surface area (Å²) in [5.41, 5.74) is 13.1. The maximum Gasteiger partial charge on any atom is 0.0548 e. The van der Waals surface area contributed by atoms with Crippen LogP contribution in [0.5, 0.6) is 0 Å². The molecule has 55 heavy (non-hydrogen) atoms. The molecular formula is C52H33N3. The van der Waals surface area contributed by atoms with Crippen molar-refractivity contribution in [1.82, 2.24) is 13.7 Å². The van der Waals surface area contributed by atoms with Crippen molar-refractivity contribution in [3.63, 3.8) is 0 Å². The van der Waals surface area contributed by atoms with Gasteiger partial charge in [0.2, 0.25) is 0 Å². The molecule has 0 spiro atoms. The first-order chi connectivity index (χ1) is 27.3. The smallest absolute Gasteiger partial charge is 0.0548 e. The third-order valence-corrected chi connectivity index (χ3v) is 11.6. The minimum absolute atomic E-state index is 1.14. The molecule has 12 rings (SSSR count). The molecule has 0 N–H and O–H groups in total. The molecule has 0 atom stereocenters. The number of para-hydroxylation sites is 4. The van der Waals surface area contributed by atoms with Gasteiger partial charge in [0, 0.05) is 49.4 Å². The average molecular weight is 700 g/mol. The van der Waals surface area contributed by atoms with Crippen molar-refractivity contribution >= 4 is 76.2 Å². The van der Waals surface area contributed by atoms with E-state index in [4.69, 9.17) is 0 Å². The largest absolute Gasteiger partial charge is 0.309 e. The number of nitrogens with zero attached hydrogens (tertiary/aromatic N) is 3. The van der Waals surface area contributed by atoms with Gasteiger partial charge >= 0.3 is 0 Å². The van der Waals surface area contributed by atoms with Gasteiger partial charge < -0.3 is 13.7 Å². The minimum atomic E-state index is 1.14. The normalized spacial score (nSPS) is 12.0. The Morgan fingerprint density at radius 1 is 0.218 bits per heavy atom. The van der Waals surface area contributed by atoms with Crippen molar-refractivity contribution in [1.29, 1.82) is 0 Å². The molecule has 0 aliphatic carbocycles. The van der Waals surface area contributed by atoms with E-state index in [1.54, 1.807) is 0 Å². The number of hydrogen-bond acceptors (Lipinski definition) is 0. The van der Waals surface area contributed by atoms with Gasteiger partial charge in [0.1, 0.15) is 0 Å². The highest BCUT2D eigenvalue weighted by Crippen LogP contribution is 2.41. The van der Waals surface area contributed by atoms with Gasteiger partial charge in [0.25, 0.3) is 0 Å². The molecule has 0 unspecified atom stereocenters. The Kier molecular flexibility index (Phi) is 6.34. The lowest BCUT2D eigenvalue weighted by Gasteiger charge is -2.12. The van der Waals surface area contributed by atoms with E-state index in [1.807, 2.05) is 0 Å². The number of rotatable bonds is 4. The molecule has 0 fully saturated rings. The molecule has 3 heterocycles. The molecule has 0 aliphatic rings. The first kappa shape index (κ1) is 30.1. The first-order valence-electron chi connectivity index (χ1n) is 18.9. The summed E-state index contributed by atoms with van der Waals surface area (Å²) in [7, 11) is 0. The van der Waals surface area contributed by atoms with Gasteiger partial charge in [0.05, 0.1) is 33.1 Å². The van der Waals surface area contributed by atoms with E-state index < -0.39 is 0 Å². The Bertz CT molecular complexity index is 3490. The van der Waals surface area contributed by atoms with Gasteiger partial charge in [-0.1, -0.05) is 127 Å². The van der Waals surface area contributed by atoms with Gasteiger partial charge in [-0.2, -0.15) is 0 Å². The second-order valence-corrected chi connectivity index (χ2v) is 14.6. The fourth-order valence-electron chi connectivity index (χ4n) is 9.13. The average Bonchev–Trinajstić information content (AvgIpc) is 3.88. The molecule has 9 aromatic carbocycles. The molecule has 3 heteroatoms. The summed E-state index contributed by atoms with van der Waals surface area (Å²) < 4.78 is 7.28. The lowest BCUT2D eigenvalue weighted by atomic mass is 10.0. The molecule has 0 saturated heterocycles. The van der Waals surface area contributed by atoms with Crippen molar-refractivity contribution in [2.75, 3.05) is 0 Å². The van der Waals surface area contributed by atoms with Crippen molar-refractivity contribution in [3.8, 4) is 28.2 Å². The van der Waals surface area contributed by atoms with Gasteiger partial charge in [-0.3, -0.25) is 0 Å². The van der Waals surface area contributed by atoms with Gasteiger partial charge in [-0.05, 0) is 94.7 Å². The molecule has 0 saturated carbocycles. The third-order valence-electron chi connectivity index (χ3n) is 11.6. The standard InChI is InChI=1S/C52H33N3/c1-2-16-38(17-3-1)53-48-23-10-7-20-42(48)45-33-52-46(32-51(45)53)43-21-8-11-24-49(43)54(52)39-18-12-15-36(30-39)37-26-28-44-41-19-6-9-22-47(41)55(50(44)31-37)40-27-25-34-13-4-5-14-35(34)29-40/h1-33H. The van der Waals surface area contributed by atoms with Crippen molar-refractivity contribution < 1.29 is 0 Å². The molecule has 12 aromatic rings. The number of aromatic nitrogens is 3. The van der Waals surface area contributed by atoms with E-state index in [-0.39, 0.29) is 0 Å². The predicted molar refractivity (Wildman–Crippen MR) is 232 cm³/mol. The zero-order valence-electron chi connectivity index (χ0n) is 29.9. The topological polar surface area (TPSA) is 14.8 Å². The summed E-state index contributed by atoms with van der Waals surface area (Å²) in [4.78, 5) is 0. The van der Waals surface area contributed by atoms with Gasteiger partial charge in [-0.25, -0.2) is 0 Å². The van der Waals surface area contributed by atoms with Gasteiger partial charge in [-0.15, -0.1) is 0 Å². The Balaban J connectivity index is 1.07. The molecule has 3 nitrogen and oxygen atoms in total. The highest BCUT2D eigenvalue weighted by Gasteiger charge is 2.19. The van der Waals surface area contributed by atoms with Crippen LogP contribution in [0.2, 0.25) is 0 Å². The zero-order valence-corrected chi connectivity index (χ0v) is 29.9. The van der Waals surface area contributed by atoms with Crippen LogP contribution in [0.15, 0.2) is 200 Å². The summed E-state index contributed by atoms with van der Waals surface area (Å²) in [5.74, 6) is 0. The number of hydrogen-bond donors (Lipinski definition) is 0. The Hall–Kier alpha value is -7.36. The lowest BCUT2D eigenvalue weighted by molar-refractivity contribution is 1.17. The molecule has 0 radical (unpaired) electrons. The molecule has 3 aromatic heterocycles. The van der Waals surface area contributed by atoms with E-state index in [2.05, 4.69) is 214 Å². The van der Waals surface area contributed by atoms with Crippen LogP contribution < -0.4 is 0 Å². The highest BCUT2D eigenvalue weighted by atomic mass is 15.0. The fourth-order valence-corrected chi connectivity index (χ4v) is 9.13. The van der Waals surface area contributed by atoms with Crippen LogP contribution in [0.3, 0.4) is 0 Å². The van der Waals surface area contributed by atoms with Gasteiger partial charge in [0.15, 0.2) is 0 Å². The quantitative estimate of drug-likeness (QED) is 0.174. The van der Waals surface area contributed by atoms with E-state index in [0.717, 1.165) is 5.69 Å². The molecule has 0 bridgehead atoms. The summed E-state index contributed by atoms with van der Waals surface area (Å²) >= 11 is 0. The van der Waals surface area contributed by atoms with Crippen LogP contribution in [0.25, 0.3) is 104 Å². The van der Waals surface area contributed by atoms with E-state index >= 15 is 0 Å². The molecular weight excluding hydrogens is 667 g/mol. The van der Waals surface area contributed by atoms with E-state index in [1.165, 1.54) is 98.7 Å². The summed E-state index contributed by atoms with van der Waals surface area (Å²) in [6, 6.07) is 73.3. The number of benzene rings is 9. The second-order valence-electron chi connectivity index (χ2n) is 14.6. The Morgan fingerprint density at radius 3 is 1.36 bits per heavy atom. The van der Waals surface area contributed by atoms with Crippen LogP contribution in [-0.2, 0) is 0 Å². The van der Waals surface area contributed by atoms with E-state index in [9.17, 15) is 0 Å². The number of fused-ring (bicyclic) bond motifs is 10. The maximum absolute atomic E-state index is 2.45. The van der Waals surface area contributed by atoms with Crippen molar-refractivity contribution in [2.24, 2.45) is 0 Å². The zero-order chi connectivity index (χ0) is 36.0. The molecule has 0 aliphatic heterocycles. The SMILES string of the molecule is c1ccc(-n2c3ccccc3c3cc4c(cc32)c2ccccc2n4-c2cccc(-c3ccc4c5ccccc5n(-c5ccc6ccccc6c5)c4c3)c2)cc1. The van der Waals surface area contributed by atoms with Crippen LogP contribution in [-0.4, -0.2) is 13.7 Å². The van der Waals surface area contributed by atoms with Crippen molar-refractivity contribution in [2.45, 2.75) is 0 Å². The van der Waals surface area contributed by atoms with Crippen LogP contribution >= 0.6 is 0 Å². The van der Waals surface area contributed by atoms with Crippen LogP contribution in [0, 0.1) is 0 Å².